The number of carbonyl (C=O) groups is 1. The number of nitrogens with one attached hydrogen (secondary N) is 1. The largest absolute Gasteiger partial charge is 0.493 e. The van der Waals surface area contributed by atoms with Crippen LogP contribution in [0.25, 0.3) is 0 Å². The van der Waals surface area contributed by atoms with E-state index < -0.39 is 24.7 Å². The second-order valence-corrected chi connectivity index (χ2v) is 5.60. The van der Waals surface area contributed by atoms with Crippen LogP contribution in [0.4, 0.5) is 13.6 Å². The average molecular weight is 386 g/mol. The van der Waals surface area contributed by atoms with E-state index >= 15 is 0 Å². The first-order valence-corrected chi connectivity index (χ1v) is 7.65. The van der Waals surface area contributed by atoms with Gasteiger partial charge in [0.1, 0.15) is 12.6 Å². The molecule has 3 rings (SSSR count). The number of hydrogen-bond acceptors (Lipinski definition) is 4. The molecule has 5 nitrogen and oxygen atoms in total. The highest BCUT2D eigenvalue weighted by Gasteiger charge is 2.47. The Hall–Kier alpha value is -2.54. The predicted molar refractivity (Wildman–Crippen MR) is 93.2 cm³/mol. The Balaban J connectivity index is 0.00000243. The zero-order chi connectivity index (χ0) is 17.9. The highest BCUT2D eigenvalue weighted by molar-refractivity contribution is 5.85. The first-order chi connectivity index (χ1) is 12.0. The maximum absolute atomic E-state index is 14.0. The van der Waals surface area contributed by atoms with Crippen molar-refractivity contribution in [1.82, 2.24) is 5.32 Å². The lowest BCUT2D eigenvalue weighted by atomic mass is 9.99. The maximum atomic E-state index is 14.0. The summed E-state index contributed by atoms with van der Waals surface area (Å²) < 4.78 is 43.4. The minimum absolute atomic E-state index is 0. The number of alkyl carbamates (subject to hydrolysis) is 1. The van der Waals surface area contributed by atoms with Gasteiger partial charge >= 0.3 is 12.0 Å². The van der Waals surface area contributed by atoms with Gasteiger partial charge in [-0.25, -0.2) is 13.6 Å². The van der Waals surface area contributed by atoms with Gasteiger partial charge in [0.25, 0.3) is 0 Å². The fourth-order valence-corrected chi connectivity index (χ4v) is 2.56. The number of cyclic esters (lactones) is 1. The fraction of sp³-hybridized carbons (Fsp3) is 0.278. The minimum Gasteiger partial charge on any atom is -0.493 e. The number of benzene rings is 2. The first-order valence-electron chi connectivity index (χ1n) is 7.65. The van der Waals surface area contributed by atoms with Crippen molar-refractivity contribution in [3.63, 3.8) is 0 Å². The van der Waals surface area contributed by atoms with Gasteiger partial charge in [-0.05, 0) is 23.3 Å². The van der Waals surface area contributed by atoms with Gasteiger partial charge in [0.05, 0.1) is 7.11 Å². The summed E-state index contributed by atoms with van der Waals surface area (Å²) in [5.41, 5.74) is 1.18. The second-order valence-electron chi connectivity index (χ2n) is 5.60. The Labute approximate surface area is 155 Å². The van der Waals surface area contributed by atoms with E-state index in [2.05, 4.69) is 10.1 Å². The molecule has 1 atom stereocenters. The summed E-state index contributed by atoms with van der Waals surface area (Å²) in [6.45, 7) is -0.640. The monoisotopic (exact) mass is 385 g/mol. The van der Waals surface area contributed by atoms with Gasteiger partial charge in [0, 0.05) is 0 Å². The molecule has 1 amide bonds. The van der Waals surface area contributed by atoms with Gasteiger partial charge in [-0.1, -0.05) is 36.4 Å². The third-order valence-electron chi connectivity index (χ3n) is 3.84. The quantitative estimate of drug-likeness (QED) is 0.841. The van der Waals surface area contributed by atoms with Gasteiger partial charge in [0.2, 0.25) is 0 Å². The Bertz CT molecular complexity index is 758. The van der Waals surface area contributed by atoms with E-state index in [1.165, 1.54) is 19.2 Å². The van der Waals surface area contributed by atoms with Crippen molar-refractivity contribution in [2.75, 3.05) is 13.7 Å². The summed E-state index contributed by atoms with van der Waals surface area (Å²) in [6, 6.07) is 12.5. The highest BCUT2D eigenvalue weighted by atomic mass is 35.5. The number of halogens is 3. The Morgan fingerprint density at radius 1 is 1.19 bits per heavy atom. The van der Waals surface area contributed by atoms with Crippen molar-refractivity contribution in [2.24, 2.45) is 0 Å². The van der Waals surface area contributed by atoms with Crippen molar-refractivity contribution in [2.45, 2.75) is 18.6 Å². The summed E-state index contributed by atoms with van der Waals surface area (Å²) >= 11 is 0. The van der Waals surface area contributed by atoms with E-state index in [1.807, 2.05) is 30.3 Å². The number of ether oxygens (including phenoxy) is 3. The van der Waals surface area contributed by atoms with E-state index in [1.54, 1.807) is 6.07 Å². The van der Waals surface area contributed by atoms with Crippen molar-refractivity contribution >= 4 is 18.5 Å². The zero-order valence-electron chi connectivity index (χ0n) is 13.9. The molecule has 0 bridgehead atoms. The zero-order valence-corrected chi connectivity index (χ0v) is 14.7. The number of amides is 1. The number of hydrogen-bond donors (Lipinski definition) is 1. The highest BCUT2D eigenvalue weighted by Crippen LogP contribution is 2.38. The summed E-state index contributed by atoms with van der Waals surface area (Å²) in [5, 5.41) is 2.14. The molecule has 0 spiro atoms. The number of rotatable bonds is 5. The van der Waals surface area contributed by atoms with Crippen LogP contribution in [-0.4, -0.2) is 25.7 Å². The van der Waals surface area contributed by atoms with Crippen molar-refractivity contribution < 1.29 is 27.8 Å². The molecule has 2 aromatic carbocycles. The summed E-state index contributed by atoms with van der Waals surface area (Å²) in [7, 11) is 1.43. The SMILES string of the molecule is COc1cc([C@H]2NC(=O)OCC2(F)F)ccc1OCc1ccccc1.Cl. The lowest BCUT2D eigenvalue weighted by Gasteiger charge is -2.32. The molecular weight excluding hydrogens is 368 g/mol. The average Bonchev–Trinajstić information content (AvgIpc) is 2.63. The predicted octanol–water partition coefficient (Wildman–Crippen LogP) is 4.11. The molecule has 0 radical (unpaired) electrons. The lowest BCUT2D eigenvalue weighted by Crippen LogP contribution is -2.49. The van der Waals surface area contributed by atoms with Crippen LogP contribution in [0, 0.1) is 0 Å². The molecule has 0 saturated carbocycles. The molecule has 26 heavy (non-hydrogen) atoms. The molecule has 1 fully saturated rings. The Morgan fingerprint density at radius 2 is 1.92 bits per heavy atom. The molecule has 1 N–H and O–H groups in total. The normalized spacial score (nSPS) is 18.1. The van der Waals surface area contributed by atoms with Crippen LogP contribution in [0.15, 0.2) is 48.5 Å². The van der Waals surface area contributed by atoms with E-state index in [0.717, 1.165) is 5.56 Å². The topological polar surface area (TPSA) is 56.8 Å². The molecule has 0 aliphatic carbocycles. The van der Waals surface area contributed by atoms with Gasteiger partial charge in [-0.2, -0.15) is 0 Å². The molecule has 0 aromatic heterocycles. The molecule has 2 aromatic rings. The van der Waals surface area contributed by atoms with Crippen LogP contribution in [0.5, 0.6) is 11.5 Å². The van der Waals surface area contributed by atoms with Gasteiger partial charge < -0.3 is 19.5 Å². The van der Waals surface area contributed by atoms with Gasteiger partial charge in [-0.3, -0.25) is 0 Å². The van der Waals surface area contributed by atoms with Crippen LogP contribution in [0.2, 0.25) is 0 Å². The number of alkyl halides is 2. The molecule has 1 heterocycles. The summed E-state index contributed by atoms with van der Waals surface area (Å²) in [5.74, 6) is -2.48. The molecule has 8 heteroatoms. The fourth-order valence-electron chi connectivity index (χ4n) is 2.56. The molecule has 0 unspecified atom stereocenters. The van der Waals surface area contributed by atoms with Crippen LogP contribution in [-0.2, 0) is 11.3 Å². The summed E-state index contributed by atoms with van der Waals surface area (Å²) in [4.78, 5) is 11.3. The van der Waals surface area contributed by atoms with Gasteiger partial charge in [-0.15, -0.1) is 12.4 Å². The van der Waals surface area contributed by atoms with E-state index in [0.29, 0.717) is 18.1 Å². The standard InChI is InChI=1S/C18H17F2NO4.ClH/c1-23-15-9-13(16-18(19,20)11-25-17(22)21-16)7-8-14(15)24-10-12-5-3-2-4-6-12;/h2-9,16H,10-11H2,1H3,(H,21,22);1H/t16-;/m1./s1. The van der Waals surface area contributed by atoms with Crippen LogP contribution in [0.1, 0.15) is 17.2 Å². The molecule has 1 aliphatic heterocycles. The Kier molecular flexibility index (Phi) is 6.26. The van der Waals surface area contributed by atoms with Crippen molar-refractivity contribution in [3.05, 3.63) is 59.7 Å². The first kappa shape index (κ1) is 19.8. The molecule has 1 saturated heterocycles. The van der Waals surface area contributed by atoms with Gasteiger partial charge in [0.15, 0.2) is 18.1 Å². The van der Waals surface area contributed by atoms with E-state index in [-0.39, 0.29) is 18.0 Å². The molecule has 140 valence electrons. The number of methoxy groups -OCH3 is 1. The minimum atomic E-state index is -3.22. The third-order valence-corrected chi connectivity index (χ3v) is 3.84. The Morgan fingerprint density at radius 3 is 2.62 bits per heavy atom. The molecule has 1 aliphatic rings. The maximum Gasteiger partial charge on any atom is 0.408 e. The van der Waals surface area contributed by atoms with Crippen molar-refractivity contribution in [1.29, 1.82) is 0 Å². The van der Waals surface area contributed by atoms with Crippen LogP contribution < -0.4 is 14.8 Å². The van der Waals surface area contributed by atoms with Crippen molar-refractivity contribution in [3.8, 4) is 11.5 Å². The second kappa shape index (κ2) is 8.23. The smallest absolute Gasteiger partial charge is 0.408 e. The van der Waals surface area contributed by atoms with Crippen LogP contribution in [0.3, 0.4) is 0 Å². The lowest BCUT2D eigenvalue weighted by molar-refractivity contribution is -0.104. The summed E-state index contributed by atoms with van der Waals surface area (Å²) in [6.07, 6.45) is -0.876. The van der Waals surface area contributed by atoms with E-state index in [9.17, 15) is 13.6 Å². The van der Waals surface area contributed by atoms with E-state index in [4.69, 9.17) is 9.47 Å². The molecular formula is C18H18ClF2NO4. The third kappa shape index (κ3) is 4.35. The number of carbonyl (C=O) groups excluding carboxylic acids is 1. The van der Waals surface area contributed by atoms with Crippen LogP contribution >= 0.6 is 12.4 Å².